The molecule has 0 fully saturated rings. The van der Waals surface area contributed by atoms with E-state index in [1.165, 1.54) is 12.1 Å². The number of halogens is 1. The Hall–Kier alpha value is -1.71. The molecule has 3 nitrogen and oxygen atoms in total. The average Bonchev–Trinajstić information content (AvgIpc) is 2.50. The van der Waals surface area contributed by atoms with Gasteiger partial charge in [0.15, 0.2) is 6.54 Å². The molecule has 0 amide bonds. The fourth-order valence-corrected chi connectivity index (χ4v) is 1.43. The first-order valence-corrected chi connectivity index (χ1v) is 4.78. The standard InChI is InChI=1S/C11H11FN2O/c1-8-6-14(13-11(8)15)7-9-2-4-10(12)5-3-9/h2-5,7-8H,6H2,1H3. The van der Waals surface area contributed by atoms with E-state index in [1.807, 2.05) is 6.92 Å². The zero-order valence-electron chi connectivity index (χ0n) is 8.35. The molecular weight excluding hydrogens is 195 g/mol. The lowest BCUT2D eigenvalue weighted by Gasteiger charge is -2.01. The van der Waals surface area contributed by atoms with E-state index < -0.39 is 0 Å². The third-order valence-corrected chi connectivity index (χ3v) is 2.28. The lowest BCUT2D eigenvalue weighted by Crippen LogP contribution is -2.23. The van der Waals surface area contributed by atoms with Crippen molar-refractivity contribution in [1.82, 2.24) is 0 Å². The number of hydrogen-bond acceptors (Lipinski definition) is 2. The van der Waals surface area contributed by atoms with E-state index in [2.05, 4.69) is 5.10 Å². The summed E-state index contributed by atoms with van der Waals surface area (Å²) >= 11 is 0. The summed E-state index contributed by atoms with van der Waals surface area (Å²) in [4.78, 5) is 0. The summed E-state index contributed by atoms with van der Waals surface area (Å²) in [5, 5.41) is 15.0. The molecule has 1 unspecified atom stereocenters. The van der Waals surface area contributed by atoms with Crippen LogP contribution in [0.4, 0.5) is 4.39 Å². The van der Waals surface area contributed by atoms with E-state index in [-0.39, 0.29) is 17.6 Å². The van der Waals surface area contributed by atoms with Gasteiger partial charge >= 0.3 is 0 Å². The molecule has 0 aromatic heterocycles. The average molecular weight is 206 g/mol. The molecule has 1 aromatic rings. The quantitative estimate of drug-likeness (QED) is 0.619. The second kappa shape index (κ2) is 3.81. The Kier molecular flexibility index (Phi) is 2.49. The highest BCUT2D eigenvalue weighted by molar-refractivity contribution is 5.78. The van der Waals surface area contributed by atoms with Crippen LogP contribution in [-0.4, -0.2) is 23.3 Å². The van der Waals surface area contributed by atoms with Crippen LogP contribution < -0.4 is 5.11 Å². The minimum absolute atomic E-state index is 0.0540. The Bertz CT molecular complexity index is 423. The molecule has 0 N–H and O–H groups in total. The number of nitrogens with zero attached hydrogens (tertiary/aromatic N) is 2. The number of hydrogen-bond donors (Lipinski definition) is 0. The van der Waals surface area contributed by atoms with Gasteiger partial charge < -0.3 is 5.11 Å². The Balaban J connectivity index is 2.22. The predicted octanol–water partition coefficient (Wildman–Crippen LogP) is 0.581. The summed E-state index contributed by atoms with van der Waals surface area (Å²) in [7, 11) is 0. The van der Waals surface area contributed by atoms with Gasteiger partial charge in [0.25, 0.3) is 0 Å². The molecular formula is C11H11FN2O. The summed E-state index contributed by atoms with van der Waals surface area (Å²) in [5.74, 6) is -0.426. The monoisotopic (exact) mass is 206 g/mol. The first-order chi connectivity index (χ1) is 7.15. The molecule has 0 saturated heterocycles. The molecule has 1 aliphatic rings. The fourth-order valence-electron chi connectivity index (χ4n) is 1.43. The molecule has 1 aliphatic heterocycles. The molecule has 0 spiro atoms. The molecule has 0 aliphatic carbocycles. The van der Waals surface area contributed by atoms with E-state index in [4.69, 9.17) is 0 Å². The molecule has 0 saturated carbocycles. The van der Waals surface area contributed by atoms with Gasteiger partial charge in [-0.1, -0.05) is 11.6 Å². The summed E-state index contributed by atoms with van der Waals surface area (Å²) < 4.78 is 14.2. The van der Waals surface area contributed by atoms with Crippen LogP contribution in [0.2, 0.25) is 0 Å². The van der Waals surface area contributed by atoms with Crippen molar-refractivity contribution in [3.63, 3.8) is 0 Å². The first-order valence-electron chi connectivity index (χ1n) is 4.78. The van der Waals surface area contributed by atoms with Gasteiger partial charge in [-0.25, -0.2) is 4.39 Å². The molecule has 15 heavy (non-hydrogen) atoms. The summed E-state index contributed by atoms with van der Waals surface area (Å²) in [6.07, 6.45) is 1.74. The summed E-state index contributed by atoms with van der Waals surface area (Å²) in [6.45, 7) is 2.43. The highest BCUT2D eigenvalue weighted by Gasteiger charge is 2.19. The smallest absolute Gasteiger partial charge is 0.203 e. The fraction of sp³-hybridized carbons (Fsp3) is 0.273. The largest absolute Gasteiger partial charge is 0.857 e. The zero-order chi connectivity index (χ0) is 10.8. The van der Waals surface area contributed by atoms with Gasteiger partial charge in [0, 0.05) is 11.5 Å². The number of rotatable bonds is 1. The van der Waals surface area contributed by atoms with Crippen molar-refractivity contribution in [2.24, 2.45) is 11.0 Å². The van der Waals surface area contributed by atoms with Crippen LogP contribution in [0.3, 0.4) is 0 Å². The topological polar surface area (TPSA) is 38.4 Å². The van der Waals surface area contributed by atoms with Gasteiger partial charge in [-0.2, -0.15) is 0 Å². The van der Waals surface area contributed by atoms with Crippen molar-refractivity contribution in [1.29, 1.82) is 0 Å². The van der Waals surface area contributed by atoms with E-state index in [0.717, 1.165) is 5.56 Å². The van der Waals surface area contributed by atoms with Gasteiger partial charge in [-0.3, -0.25) is 0 Å². The lowest BCUT2D eigenvalue weighted by molar-refractivity contribution is -0.522. The minimum Gasteiger partial charge on any atom is -0.857 e. The van der Waals surface area contributed by atoms with E-state index in [1.54, 1.807) is 23.0 Å². The zero-order valence-corrected chi connectivity index (χ0v) is 8.35. The maximum Gasteiger partial charge on any atom is 0.203 e. The van der Waals surface area contributed by atoms with Crippen molar-refractivity contribution < 1.29 is 14.2 Å². The van der Waals surface area contributed by atoms with Crippen LogP contribution >= 0.6 is 0 Å². The van der Waals surface area contributed by atoms with E-state index in [0.29, 0.717) is 6.54 Å². The highest BCUT2D eigenvalue weighted by atomic mass is 19.1. The van der Waals surface area contributed by atoms with Crippen molar-refractivity contribution in [2.45, 2.75) is 6.92 Å². The van der Waals surface area contributed by atoms with Gasteiger partial charge in [0.2, 0.25) is 6.21 Å². The van der Waals surface area contributed by atoms with Crippen LogP contribution in [0, 0.1) is 11.7 Å². The van der Waals surface area contributed by atoms with Gasteiger partial charge in [0.1, 0.15) is 5.82 Å². The maximum atomic E-state index is 12.6. The SMILES string of the molecule is CC1C[N+](=Cc2ccc(F)cc2)N=C1[O-]. The third-order valence-electron chi connectivity index (χ3n) is 2.28. The Morgan fingerprint density at radius 1 is 1.47 bits per heavy atom. The molecule has 1 atom stereocenters. The number of benzene rings is 1. The van der Waals surface area contributed by atoms with Crippen LogP contribution in [0.5, 0.6) is 0 Å². The normalized spacial score (nSPS) is 23.2. The molecule has 78 valence electrons. The van der Waals surface area contributed by atoms with E-state index in [9.17, 15) is 9.50 Å². The highest BCUT2D eigenvalue weighted by Crippen LogP contribution is 2.06. The van der Waals surface area contributed by atoms with Gasteiger partial charge in [-0.05, 0) is 29.4 Å². The minimum atomic E-state index is -0.269. The van der Waals surface area contributed by atoms with Crippen LogP contribution in [0.1, 0.15) is 12.5 Å². The second-order valence-electron chi connectivity index (χ2n) is 3.64. The molecule has 1 heterocycles. The first kappa shape index (κ1) is 9.83. The van der Waals surface area contributed by atoms with Gasteiger partial charge in [0.05, 0.1) is 5.92 Å². The van der Waals surface area contributed by atoms with Crippen molar-refractivity contribution in [3.05, 3.63) is 35.6 Å². The predicted molar refractivity (Wildman–Crippen MR) is 53.3 cm³/mol. The number of hydrazone groups is 1. The molecule has 0 bridgehead atoms. The van der Waals surface area contributed by atoms with Crippen molar-refractivity contribution in [2.75, 3.05) is 6.54 Å². The summed E-state index contributed by atoms with van der Waals surface area (Å²) in [6, 6.07) is 6.07. The molecule has 4 heteroatoms. The second-order valence-corrected chi connectivity index (χ2v) is 3.64. The molecule has 2 rings (SSSR count). The maximum absolute atomic E-state index is 12.6. The van der Waals surface area contributed by atoms with Crippen LogP contribution in [0.15, 0.2) is 29.4 Å². The third kappa shape index (κ3) is 2.21. The van der Waals surface area contributed by atoms with Crippen LogP contribution in [-0.2, 0) is 0 Å². The Morgan fingerprint density at radius 3 is 2.67 bits per heavy atom. The van der Waals surface area contributed by atoms with Crippen molar-refractivity contribution >= 4 is 12.1 Å². The lowest BCUT2D eigenvalue weighted by atomic mass is 10.2. The Labute approximate surface area is 87.2 Å². The Morgan fingerprint density at radius 2 is 2.13 bits per heavy atom. The molecule has 0 radical (unpaired) electrons. The van der Waals surface area contributed by atoms with Crippen LogP contribution in [0.25, 0.3) is 0 Å². The van der Waals surface area contributed by atoms with E-state index >= 15 is 0 Å². The summed E-state index contributed by atoms with van der Waals surface area (Å²) in [5.41, 5.74) is 0.835. The molecule has 1 aromatic carbocycles. The van der Waals surface area contributed by atoms with Crippen molar-refractivity contribution in [3.8, 4) is 0 Å². The van der Waals surface area contributed by atoms with Gasteiger partial charge in [-0.15, -0.1) is 0 Å².